The summed E-state index contributed by atoms with van der Waals surface area (Å²) < 4.78 is 38.1. The lowest BCUT2D eigenvalue weighted by atomic mass is 9.95. The van der Waals surface area contributed by atoms with Gasteiger partial charge >= 0.3 is 6.18 Å². The summed E-state index contributed by atoms with van der Waals surface area (Å²) in [6.45, 7) is 0. The van der Waals surface area contributed by atoms with Gasteiger partial charge in [-0.2, -0.15) is 13.2 Å². The van der Waals surface area contributed by atoms with Crippen molar-refractivity contribution in [3.8, 4) is 0 Å². The summed E-state index contributed by atoms with van der Waals surface area (Å²) in [5, 5.41) is 3.09. The Balaban J connectivity index is 2.14. The number of nitrogens with one attached hydrogen (secondary N) is 1. The van der Waals surface area contributed by atoms with Crippen LogP contribution in [0.1, 0.15) is 37.7 Å². The Morgan fingerprint density at radius 1 is 1.22 bits per heavy atom. The van der Waals surface area contributed by atoms with E-state index in [1.807, 2.05) is 0 Å². The summed E-state index contributed by atoms with van der Waals surface area (Å²) >= 11 is 2.88. The van der Waals surface area contributed by atoms with Crippen LogP contribution in [0.15, 0.2) is 16.7 Å². The first kappa shape index (κ1) is 13.6. The molecule has 1 saturated carbocycles. The van der Waals surface area contributed by atoms with Crippen molar-refractivity contribution in [2.24, 2.45) is 0 Å². The molecule has 2 nitrogen and oxygen atoms in total. The van der Waals surface area contributed by atoms with Crippen LogP contribution in [0.3, 0.4) is 0 Å². The minimum Gasteiger partial charge on any atom is -0.367 e. The second-order valence-corrected chi connectivity index (χ2v) is 5.38. The van der Waals surface area contributed by atoms with Gasteiger partial charge in [0.05, 0.1) is 5.56 Å². The summed E-state index contributed by atoms with van der Waals surface area (Å²) in [5.41, 5.74) is -0.684. The highest BCUT2D eigenvalue weighted by Crippen LogP contribution is 2.35. The zero-order chi connectivity index (χ0) is 13.2. The van der Waals surface area contributed by atoms with E-state index in [1.54, 1.807) is 0 Å². The molecular weight excluding hydrogens is 309 g/mol. The van der Waals surface area contributed by atoms with Crippen molar-refractivity contribution in [2.75, 3.05) is 5.32 Å². The Kier molecular flexibility index (Phi) is 4.14. The molecule has 1 heterocycles. The number of anilines is 1. The van der Waals surface area contributed by atoms with Gasteiger partial charge in [-0.3, -0.25) is 0 Å². The molecule has 1 aliphatic rings. The normalized spacial score (nSPS) is 17.8. The van der Waals surface area contributed by atoms with Crippen LogP contribution in [-0.2, 0) is 6.18 Å². The molecule has 1 aliphatic carbocycles. The number of alkyl halides is 3. The molecule has 0 aliphatic heterocycles. The van der Waals surface area contributed by atoms with E-state index in [0.717, 1.165) is 31.7 Å². The van der Waals surface area contributed by atoms with Gasteiger partial charge in [0.1, 0.15) is 5.82 Å². The number of aromatic nitrogens is 1. The third-order valence-electron chi connectivity index (χ3n) is 3.12. The Bertz CT molecular complexity index is 414. The predicted octanol–water partition coefficient (Wildman–Crippen LogP) is 4.61. The third-order valence-corrected chi connectivity index (χ3v) is 3.75. The Morgan fingerprint density at radius 2 is 1.89 bits per heavy atom. The van der Waals surface area contributed by atoms with Crippen LogP contribution in [0.25, 0.3) is 0 Å². The summed E-state index contributed by atoms with van der Waals surface area (Å²) in [6.07, 6.45) is 2.30. The van der Waals surface area contributed by atoms with Gasteiger partial charge in [0, 0.05) is 16.7 Å². The van der Waals surface area contributed by atoms with Gasteiger partial charge in [0.25, 0.3) is 0 Å². The van der Waals surface area contributed by atoms with E-state index < -0.39 is 11.7 Å². The van der Waals surface area contributed by atoms with E-state index >= 15 is 0 Å². The zero-order valence-corrected chi connectivity index (χ0v) is 11.3. The number of rotatable bonds is 2. The number of hydrogen-bond acceptors (Lipinski definition) is 2. The molecule has 0 atom stereocenters. The zero-order valence-electron chi connectivity index (χ0n) is 9.73. The molecule has 6 heteroatoms. The Labute approximate surface area is 112 Å². The number of pyridine rings is 1. The van der Waals surface area contributed by atoms with Crippen molar-refractivity contribution in [1.29, 1.82) is 0 Å². The second-order valence-electron chi connectivity index (χ2n) is 4.53. The number of nitrogens with zero attached hydrogens (tertiary/aromatic N) is 1. The average molecular weight is 323 g/mol. The van der Waals surface area contributed by atoms with Gasteiger partial charge in [-0.05, 0) is 34.8 Å². The van der Waals surface area contributed by atoms with Crippen LogP contribution < -0.4 is 5.32 Å². The molecule has 0 radical (unpaired) electrons. The maximum Gasteiger partial charge on any atom is 0.417 e. The van der Waals surface area contributed by atoms with Crippen LogP contribution in [0.4, 0.5) is 19.0 Å². The highest BCUT2D eigenvalue weighted by atomic mass is 79.9. The lowest BCUT2D eigenvalue weighted by molar-refractivity contribution is -0.138. The molecule has 1 N–H and O–H groups in total. The summed E-state index contributed by atoms with van der Waals surface area (Å²) in [6, 6.07) is 1.31. The first-order valence-corrected chi connectivity index (χ1v) is 6.75. The molecule has 0 unspecified atom stereocenters. The van der Waals surface area contributed by atoms with Gasteiger partial charge in [0.2, 0.25) is 0 Å². The number of halogens is 4. The lowest BCUT2D eigenvalue weighted by Crippen LogP contribution is -2.23. The predicted molar refractivity (Wildman–Crippen MR) is 67.4 cm³/mol. The van der Waals surface area contributed by atoms with Crippen LogP contribution in [0.5, 0.6) is 0 Å². The molecule has 100 valence electrons. The molecule has 0 bridgehead atoms. The maximum absolute atomic E-state index is 12.7. The topological polar surface area (TPSA) is 24.9 Å². The van der Waals surface area contributed by atoms with Crippen LogP contribution in [0, 0.1) is 0 Å². The van der Waals surface area contributed by atoms with Gasteiger partial charge < -0.3 is 5.32 Å². The lowest BCUT2D eigenvalue weighted by Gasteiger charge is -2.23. The molecule has 0 amide bonds. The first-order valence-electron chi connectivity index (χ1n) is 5.96. The van der Waals surface area contributed by atoms with E-state index in [-0.39, 0.29) is 10.5 Å². The fourth-order valence-electron chi connectivity index (χ4n) is 2.19. The number of hydrogen-bond donors (Lipinski definition) is 1. The third kappa shape index (κ3) is 3.37. The molecule has 2 rings (SSSR count). The van der Waals surface area contributed by atoms with Crippen molar-refractivity contribution in [3.63, 3.8) is 0 Å². The van der Waals surface area contributed by atoms with Crippen molar-refractivity contribution in [3.05, 3.63) is 22.3 Å². The average Bonchev–Trinajstić information content (AvgIpc) is 2.31. The van der Waals surface area contributed by atoms with Crippen LogP contribution >= 0.6 is 15.9 Å². The van der Waals surface area contributed by atoms with Crippen molar-refractivity contribution >= 4 is 21.7 Å². The van der Waals surface area contributed by atoms with E-state index in [2.05, 4.69) is 26.2 Å². The van der Waals surface area contributed by atoms with Gasteiger partial charge in [-0.25, -0.2) is 4.98 Å². The summed E-state index contributed by atoms with van der Waals surface area (Å²) in [4.78, 5) is 3.99. The molecule has 1 aromatic rings. The SMILES string of the molecule is FC(F)(F)c1cc(NC2CCCCC2)ncc1Br. The van der Waals surface area contributed by atoms with Gasteiger partial charge in [0.15, 0.2) is 0 Å². The van der Waals surface area contributed by atoms with Crippen molar-refractivity contribution in [2.45, 2.75) is 44.3 Å². The largest absolute Gasteiger partial charge is 0.417 e. The minimum atomic E-state index is -4.36. The fourth-order valence-corrected chi connectivity index (χ4v) is 2.63. The van der Waals surface area contributed by atoms with Crippen molar-refractivity contribution < 1.29 is 13.2 Å². The quantitative estimate of drug-likeness (QED) is 0.860. The molecule has 0 spiro atoms. The summed E-state index contributed by atoms with van der Waals surface area (Å²) in [5.74, 6) is 0.303. The van der Waals surface area contributed by atoms with E-state index in [4.69, 9.17) is 0 Å². The van der Waals surface area contributed by atoms with Gasteiger partial charge in [-0.15, -0.1) is 0 Å². The summed E-state index contributed by atoms with van der Waals surface area (Å²) in [7, 11) is 0. The molecule has 18 heavy (non-hydrogen) atoms. The highest BCUT2D eigenvalue weighted by molar-refractivity contribution is 9.10. The molecular formula is C12H14BrF3N2. The van der Waals surface area contributed by atoms with Gasteiger partial charge in [-0.1, -0.05) is 19.3 Å². The van der Waals surface area contributed by atoms with E-state index in [9.17, 15) is 13.2 Å². The highest BCUT2D eigenvalue weighted by Gasteiger charge is 2.33. The monoisotopic (exact) mass is 322 g/mol. The van der Waals surface area contributed by atoms with Crippen LogP contribution in [0.2, 0.25) is 0 Å². The second kappa shape index (κ2) is 5.47. The molecule has 0 aromatic carbocycles. The fraction of sp³-hybridized carbons (Fsp3) is 0.583. The first-order chi connectivity index (χ1) is 8.47. The molecule has 1 aromatic heterocycles. The van der Waals surface area contributed by atoms with Crippen LogP contribution in [-0.4, -0.2) is 11.0 Å². The van der Waals surface area contributed by atoms with E-state index in [0.29, 0.717) is 5.82 Å². The molecule has 0 saturated heterocycles. The Morgan fingerprint density at radius 3 is 2.50 bits per heavy atom. The minimum absolute atomic E-state index is 0.0239. The standard InChI is InChI=1S/C12H14BrF3N2/c13-10-7-17-11(6-9(10)12(14,15)16)18-8-4-2-1-3-5-8/h6-8H,1-5H2,(H,17,18). The molecule has 1 fully saturated rings. The Hall–Kier alpha value is -0.780. The van der Waals surface area contributed by atoms with E-state index in [1.165, 1.54) is 12.6 Å². The maximum atomic E-state index is 12.7. The smallest absolute Gasteiger partial charge is 0.367 e. The van der Waals surface area contributed by atoms with Crippen molar-refractivity contribution in [1.82, 2.24) is 4.98 Å².